The van der Waals surface area contributed by atoms with Gasteiger partial charge in [-0.05, 0) is 49.2 Å². The SMILES string of the molecule is COC(=O)c1ccccc1NC(=O)COc1c(C)cc(C=O)cc1C. The summed E-state index contributed by atoms with van der Waals surface area (Å²) in [7, 11) is 1.28. The van der Waals surface area contributed by atoms with Gasteiger partial charge in [0.2, 0.25) is 0 Å². The van der Waals surface area contributed by atoms with E-state index in [-0.39, 0.29) is 12.2 Å². The van der Waals surface area contributed by atoms with Crippen LogP contribution in [0.1, 0.15) is 31.8 Å². The van der Waals surface area contributed by atoms with Crippen LogP contribution < -0.4 is 10.1 Å². The van der Waals surface area contributed by atoms with E-state index in [0.717, 1.165) is 17.4 Å². The second-order valence-corrected chi connectivity index (χ2v) is 5.48. The average molecular weight is 341 g/mol. The predicted molar refractivity (Wildman–Crippen MR) is 93.2 cm³/mol. The molecule has 0 spiro atoms. The smallest absolute Gasteiger partial charge is 0.339 e. The Hall–Kier alpha value is -3.15. The first-order chi connectivity index (χ1) is 12.0. The Bertz CT molecular complexity index is 790. The molecular weight excluding hydrogens is 322 g/mol. The van der Waals surface area contributed by atoms with Crippen molar-refractivity contribution in [3.05, 3.63) is 58.7 Å². The van der Waals surface area contributed by atoms with Crippen LogP contribution in [0.3, 0.4) is 0 Å². The van der Waals surface area contributed by atoms with Gasteiger partial charge in [0.1, 0.15) is 12.0 Å². The van der Waals surface area contributed by atoms with Crippen LogP contribution in [0.2, 0.25) is 0 Å². The van der Waals surface area contributed by atoms with Gasteiger partial charge in [-0.3, -0.25) is 9.59 Å². The second kappa shape index (κ2) is 8.10. The van der Waals surface area contributed by atoms with Gasteiger partial charge in [0.25, 0.3) is 5.91 Å². The van der Waals surface area contributed by atoms with Crippen LogP contribution >= 0.6 is 0 Å². The number of aryl methyl sites for hydroxylation is 2. The number of para-hydroxylation sites is 1. The Kier molecular flexibility index (Phi) is 5.89. The van der Waals surface area contributed by atoms with E-state index in [9.17, 15) is 14.4 Å². The van der Waals surface area contributed by atoms with Crippen molar-refractivity contribution in [1.29, 1.82) is 0 Å². The van der Waals surface area contributed by atoms with Gasteiger partial charge in [0, 0.05) is 5.56 Å². The lowest BCUT2D eigenvalue weighted by molar-refractivity contribution is -0.118. The lowest BCUT2D eigenvalue weighted by Gasteiger charge is -2.13. The van der Waals surface area contributed by atoms with E-state index < -0.39 is 11.9 Å². The summed E-state index contributed by atoms with van der Waals surface area (Å²) in [6, 6.07) is 9.95. The molecule has 0 fully saturated rings. The summed E-state index contributed by atoms with van der Waals surface area (Å²) in [5, 5.41) is 2.64. The van der Waals surface area contributed by atoms with E-state index in [1.54, 1.807) is 50.2 Å². The minimum Gasteiger partial charge on any atom is -0.483 e. The van der Waals surface area contributed by atoms with Gasteiger partial charge in [0.15, 0.2) is 6.61 Å². The third-order valence-corrected chi connectivity index (χ3v) is 3.57. The molecule has 0 heterocycles. The number of carbonyl (C=O) groups is 3. The first-order valence-corrected chi connectivity index (χ1v) is 7.62. The molecule has 2 rings (SSSR count). The summed E-state index contributed by atoms with van der Waals surface area (Å²) < 4.78 is 10.3. The zero-order valence-corrected chi connectivity index (χ0v) is 14.3. The maximum absolute atomic E-state index is 12.2. The molecule has 6 nitrogen and oxygen atoms in total. The largest absolute Gasteiger partial charge is 0.483 e. The summed E-state index contributed by atoms with van der Waals surface area (Å²) in [6.07, 6.45) is 0.764. The molecule has 0 saturated carbocycles. The molecule has 6 heteroatoms. The quantitative estimate of drug-likeness (QED) is 0.645. The molecule has 25 heavy (non-hydrogen) atoms. The molecule has 0 aromatic heterocycles. The molecule has 0 bridgehead atoms. The van der Waals surface area contributed by atoms with Crippen LogP contribution in [0.4, 0.5) is 5.69 Å². The maximum Gasteiger partial charge on any atom is 0.339 e. The highest BCUT2D eigenvalue weighted by atomic mass is 16.5. The minimum atomic E-state index is -0.534. The van der Waals surface area contributed by atoms with Crippen molar-refractivity contribution in [3.63, 3.8) is 0 Å². The lowest BCUT2D eigenvalue weighted by atomic mass is 10.1. The van der Waals surface area contributed by atoms with Gasteiger partial charge in [0.05, 0.1) is 18.4 Å². The van der Waals surface area contributed by atoms with Crippen LogP contribution in [-0.2, 0) is 9.53 Å². The number of esters is 1. The summed E-state index contributed by atoms with van der Waals surface area (Å²) in [4.78, 5) is 34.7. The molecule has 130 valence electrons. The molecule has 0 atom stereocenters. The number of carbonyl (C=O) groups excluding carboxylic acids is 3. The fourth-order valence-corrected chi connectivity index (χ4v) is 2.48. The van der Waals surface area contributed by atoms with E-state index >= 15 is 0 Å². The summed E-state index contributed by atoms with van der Waals surface area (Å²) in [6.45, 7) is 3.39. The topological polar surface area (TPSA) is 81.7 Å². The van der Waals surface area contributed by atoms with Crippen LogP contribution in [0, 0.1) is 13.8 Å². The van der Waals surface area contributed by atoms with E-state index in [0.29, 0.717) is 17.0 Å². The fourth-order valence-electron chi connectivity index (χ4n) is 2.48. The highest BCUT2D eigenvalue weighted by molar-refractivity contribution is 6.01. The Balaban J connectivity index is 2.08. The monoisotopic (exact) mass is 341 g/mol. The average Bonchev–Trinajstić information content (AvgIpc) is 2.60. The van der Waals surface area contributed by atoms with Crippen molar-refractivity contribution < 1.29 is 23.9 Å². The van der Waals surface area contributed by atoms with Crippen molar-refractivity contribution in [1.82, 2.24) is 0 Å². The predicted octanol–water partition coefficient (Wildman–Crippen LogP) is 2.92. The molecule has 0 aliphatic carbocycles. The second-order valence-electron chi connectivity index (χ2n) is 5.48. The van der Waals surface area contributed by atoms with Crippen LogP contribution in [-0.4, -0.2) is 31.9 Å². The third kappa shape index (κ3) is 4.44. The van der Waals surface area contributed by atoms with Gasteiger partial charge in [-0.1, -0.05) is 12.1 Å². The molecule has 2 aromatic rings. The number of methoxy groups -OCH3 is 1. The number of hydrogen-bond acceptors (Lipinski definition) is 5. The molecule has 0 unspecified atom stereocenters. The Morgan fingerprint density at radius 1 is 1.12 bits per heavy atom. The number of ether oxygens (including phenoxy) is 2. The lowest BCUT2D eigenvalue weighted by Crippen LogP contribution is -2.22. The van der Waals surface area contributed by atoms with Crippen molar-refractivity contribution in [2.45, 2.75) is 13.8 Å². The first kappa shape index (κ1) is 18.2. The summed E-state index contributed by atoms with van der Waals surface area (Å²) in [5.74, 6) is -0.385. The van der Waals surface area contributed by atoms with Crippen molar-refractivity contribution in [2.24, 2.45) is 0 Å². The zero-order valence-electron chi connectivity index (χ0n) is 14.3. The van der Waals surface area contributed by atoms with Gasteiger partial charge >= 0.3 is 5.97 Å². The Morgan fingerprint density at radius 2 is 1.76 bits per heavy atom. The van der Waals surface area contributed by atoms with Crippen molar-refractivity contribution >= 4 is 23.9 Å². The van der Waals surface area contributed by atoms with E-state index in [1.807, 2.05) is 0 Å². The maximum atomic E-state index is 12.2. The Labute approximate surface area is 145 Å². The van der Waals surface area contributed by atoms with Crippen molar-refractivity contribution in [3.8, 4) is 5.75 Å². The van der Waals surface area contributed by atoms with E-state index in [2.05, 4.69) is 5.32 Å². The van der Waals surface area contributed by atoms with E-state index in [4.69, 9.17) is 9.47 Å². The van der Waals surface area contributed by atoms with Crippen LogP contribution in [0.25, 0.3) is 0 Å². The van der Waals surface area contributed by atoms with Crippen molar-refractivity contribution in [2.75, 3.05) is 19.0 Å². The molecule has 0 saturated heterocycles. The fraction of sp³-hybridized carbons (Fsp3) is 0.211. The molecule has 0 radical (unpaired) electrons. The molecular formula is C19H19NO5. The number of rotatable bonds is 6. The molecule has 1 N–H and O–H groups in total. The Morgan fingerprint density at radius 3 is 2.36 bits per heavy atom. The molecule has 2 aromatic carbocycles. The molecule has 0 aliphatic heterocycles. The number of nitrogens with one attached hydrogen (secondary N) is 1. The van der Waals surface area contributed by atoms with Gasteiger partial charge in [-0.2, -0.15) is 0 Å². The normalized spacial score (nSPS) is 10.0. The van der Waals surface area contributed by atoms with Gasteiger partial charge in [-0.15, -0.1) is 0 Å². The van der Waals surface area contributed by atoms with Gasteiger partial charge < -0.3 is 14.8 Å². The number of hydrogen-bond donors (Lipinski definition) is 1. The first-order valence-electron chi connectivity index (χ1n) is 7.62. The highest BCUT2D eigenvalue weighted by Crippen LogP contribution is 2.24. The number of amides is 1. The number of aldehydes is 1. The van der Waals surface area contributed by atoms with Crippen LogP contribution in [0.5, 0.6) is 5.75 Å². The van der Waals surface area contributed by atoms with Crippen LogP contribution in [0.15, 0.2) is 36.4 Å². The van der Waals surface area contributed by atoms with Gasteiger partial charge in [-0.25, -0.2) is 4.79 Å². The zero-order chi connectivity index (χ0) is 18.4. The molecule has 0 aliphatic rings. The minimum absolute atomic E-state index is 0.225. The third-order valence-electron chi connectivity index (χ3n) is 3.57. The van der Waals surface area contributed by atoms with E-state index in [1.165, 1.54) is 7.11 Å². The number of anilines is 1. The highest BCUT2D eigenvalue weighted by Gasteiger charge is 2.14. The summed E-state index contributed by atoms with van der Waals surface area (Å²) in [5.41, 5.74) is 2.71. The number of benzene rings is 2. The standard InChI is InChI=1S/C19H19NO5/c1-12-8-14(10-21)9-13(2)18(12)25-11-17(22)20-16-7-5-4-6-15(16)19(23)24-3/h4-10H,11H2,1-3H3,(H,20,22). The summed E-state index contributed by atoms with van der Waals surface area (Å²) >= 11 is 0. The molecule has 1 amide bonds.